The molecule has 5 rings (SSSR count). The van der Waals surface area contributed by atoms with Gasteiger partial charge in [-0.15, -0.1) is 0 Å². The first-order chi connectivity index (χ1) is 23.2. The Balaban J connectivity index is 1.43. The van der Waals surface area contributed by atoms with Crippen molar-refractivity contribution < 1.29 is 33.0 Å². The van der Waals surface area contributed by atoms with E-state index in [1.807, 2.05) is 68.4 Å². The Morgan fingerprint density at radius 2 is 1.67 bits per heavy atom. The van der Waals surface area contributed by atoms with Gasteiger partial charge in [-0.05, 0) is 44.0 Å². The minimum Gasteiger partial charge on any atom is -0.460 e. The van der Waals surface area contributed by atoms with Gasteiger partial charge in [0, 0.05) is 18.4 Å². The lowest BCUT2D eigenvalue weighted by molar-refractivity contribution is -0.146. The van der Waals surface area contributed by atoms with Crippen molar-refractivity contribution in [2.24, 2.45) is 0 Å². The standard InChI is InChI=1S/C35H42N5O7P/c1-4-20-35(42,40-30(24-44-5-2)38-31-32(40)28-18-12-13-19-29(28)37-33(31)36)21-22-46-48(43,47-27-16-10-7-11-17-27)39-25(3)34(41)45-23-26-14-8-6-9-15-26/h6-19,25,42H,4-5,20-24H2,1-3H3,(H2,36,37)(H,39,43)/t25-,35-,48?/m0/s1. The highest BCUT2D eigenvalue weighted by molar-refractivity contribution is 7.52. The van der Waals surface area contributed by atoms with Crippen molar-refractivity contribution in [1.29, 1.82) is 0 Å². The molecule has 4 N–H and O–H groups in total. The number of hydrogen-bond donors (Lipinski definition) is 3. The summed E-state index contributed by atoms with van der Waals surface area (Å²) < 4.78 is 39.0. The van der Waals surface area contributed by atoms with Gasteiger partial charge in [-0.2, -0.15) is 5.09 Å². The number of carbonyl (C=O) groups is 1. The molecule has 0 aliphatic carbocycles. The smallest absolute Gasteiger partial charge is 0.459 e. The van der Waals surface area contributed by atoms with E-state index >= 15 is 0 Å². The average molecular weight is 676 g/mol. The zero-order valence-corrected chi connectivity index (χ0v) is 28.3. The van der Waals surface area contributed by atoms with Crippen LogP contribution in [0.5, 0.6) is 5.75 Å². The lowest BCUT2D eigenvalue weighted by Crippen LogP contribution is -2.37. The second kappa shape index (κ2) is 15.7. The molecule has 0 aliphatic rings. The van der Waals surface area contributed by atoms with Gasteiger partial charge in [0.2, 0.25) is 0 Å². The van der Waals surface area contributed by atoms with E-state index in [0.29, 0.717) is 41.8 Å². The van der Waals surface area contributed by atoms with Gasteiger partial charge >= 0.3 is 13.7 Å². The number of carbonyl (C=O) groups excluding carboxylic acids is 1. The predicted molar refractivity (Wildman–Crippen MR) is 184 cm³/mol. The summed E-state index contributed by atoms with van der Waals surface area (Å²) in [5, 5.41) is 15.9. The van der Waals surface area contributed by atoms with Crippen LogP contribution in [0.2, 0.25) is 0 Å². The molecule has 0 amide bonds. The number of imidazole rings is 1. The van der Waals surface area contributed by atoms with Gasteiger partial charge in [-0.3, -0.25) is 13.9 Å². The van der Waals surface area contributed by atoms with E-state index in [9.17, 15) is 14.5 Å². The van der Waals surface area contributed by atoms with Crippen molar-refractivity contribution in [3.63, 3.8) is 0 Å². The van der Waals surface area contributed by atoms with Crippen molar-refractivity contribution in [2.45, 2.75) is 65.0 Å². The number of aliphatic hydroxyl groups is 1. The maximum Gasteiger partial charge on any atom is 0.459 e. The van der Waals surface area contributed by atoms with Crippen LogP contribution in [0.4, 0.5) is 5.82 Å². The molecular weight excluding hydrogens is 633 g/mol. The second-order valence-electron chi connectivity index (χ2n) is 11.4. The quantitative estimate of drug-likeness (QED) is 0.0733. The number of nitrogens with zero attached hydrogens (tertiary/aromatic N) is 3. The summed E-state index contributed by atoms with van der Waals surface area (Å²) in [4.78, 5) is 22.2. The molecule has 0 radical (unpaired) electrons. The van der Waals surface area contributed by atoms with E-state index in [-0.39, 0.29) is 37.8 Å². The van der Waals surface area contributed by atoms with E-state index in [2.05, 4.69) is 10.1 Å². The van der Waals surface area contributed by atoms with Crippen LogP contribution in [-0.4, -0.2) is 44.9 Å². The molecule has 0 spiro atoms. The predicted octanol–water partition coefficient (Wildman–Crippen LogP) is 6.46. The number of anilines is 1. The highest BCUT2D eigenvalue weighted by atomic mass is 31.2. The monoisotopic (exact) mass is 675 g/mol. The van der Waals surface area contributed by atoms with Crippen LogP contribution < -0.4 is 15.3 Å². The minimum absolute atomic E-state index is 0.0152. The molecule has 0 fully saturated rings. The number of ether oxygens (including phenoxy) is 2. The lowest BCUT2D eigenvalue weighted by atomic mass is 10.0. The first kappa shape index (κ1) is 35.0. The van der Waals surface area contributed by atoms with Gasteiger partial charge in [0.05, 0.1) is 17.6 Å². The van der Waals surface area contributed by atoms with Crippen LogP contribution in [0.3, 0.4) is 0 Å². The van der Waals surface area contributed by atoms with Crippen molar-refractivity contribution >= 4 is 41.5 Å². The van der Waals surface area contributed by atoms with Gasteiger partial charge in [0.25, 0.3) is 0 Å². The van der Waals surface area contributed by atoms with Crippen molar-refractivity contribution in [1.82, 2.24) is 19.6 Å². The van der Waals surface area contributed by atoms with Crippen LogP contribution in [0.25, 0.3) is 21.9 Å². The van der Waals surface area contributed by atoms with Gasteiger partial charge in [-0.25, -0.2) is 14.5 Å². The van der Waals surface area contributed by atoms with Crippen LogP contribution in [0.1, 0.15) is 51.4 Å². The molecule has 3 aromatic carbocycles. The Labute approximate surface area is 279 Å². The molecule has 0 saturated heterocycles. The van der Waals surface area contributed by atoms with Crippen molar-refractivity contribution in [2.75, 3.05) is 18.9 Å². The summed E-state index contributed by atoms with van der Waals surface area (Å²) in [6.45, 7) is 5.74. The fraction of sp³-hybridized carbons (Fsp3) is 0.343. The lowest BCUT2D eigenvalue weighted by Gasteiger charge is -2.33. The number of aromatic nitrogens is 3. The molecule has 48 heavy (non-hydrogen) atoms. The number of esters is 1. The molecule has 12 nitrogen and oxygen atoms in total. The maximum atomic E-state index is 14.2. The number of nitrogens with one attached hydrogen (secondary N) is 1. The van der Waals surface area contributed by atoms with E-state index in [1.54, 1.807) is 34.9 Å². The highest BCUT2D eigenvalue weighted by Gasteiger charge is 2.37. The molecule has 1 unspecified atom stereocenters. The fourth-order valence-corrected chi connectivity index (χ4v) is 7.01. The third-order valence-corrected chi connectivity index (χ3v) is 9.43. The van der Waals surface area contributed by atoms with E-state index in [1.165, 1.54) is 6.92 Å². The van der Waals surface area contributed by atoms with E-state index < -0.39 is 25.5 Å². The number of hydrogen-bond acceptors (Lipinski definition) is 10. The summed E-state index contributed by atoms with van der Waals surface area (Å²) >= 11 is 0. The molecule has 5 aromatic rings. The normalized spacial score (nSPS) is 14.8. The number of nitrogens with two attached hydrogens (primary N) is 1. The molecule has 254 valence electrons. The second-order valence-corrected chi connectivity index (χ2v) is 13.1. The number of rotatable bonds is 17. The Morgan fingerprint density at radius 1 is 0.979 bits per heavy atom. The Hall–Kier alpha value is -4.32. The van der Waals surface area contributed by atoms with Gasteiger partial charge in [-0.1, -0.05) is 80.1 Å². The summed E-state index contributed by atoms with van der Waals surface area (Å²) in [7, 11) is -4.19. The van der Waals surface area contributed by atoms with E-state index in [4.69, 9.17) is 29.2 Å². The number of nitrogen functional groups attached to an aromatic ring is 1. The Morgan fingerprint density at radius 3 is 2.38 bits per heavy atom. The topological polar surface area (TPSA) is 160 Å². The third kappa shape index (κ3) is 8.21. The van der Waals surface area contributed by atoms with Gasteiger partial charge < -0.3 is 24.8 Å². The van der Waals surface area contributed by atoms with Crippen LogP contribution in [0, 0.1) is 0 Å². The number of fused-ring (bicyclic) bond motifs is 3. The zero-order chi connectivity index (χ0) is 34.1. The molecule has 2 heterocycles. The molecule has 13 heteroatoms. The summed E-state index contributed by atoms with van der Waals surface area (Å²) in [6.07, 6.45) is 0.888. The summed E-state index contributed by atoms with van der Waals surface area (Å²) in [6, 6.07) is 24.2. The van der Waals surface area contributed by atoms with Gasteiger partial charge in [0.1, 0.15) is 42.1 Å². The van der Waals surface area contributed by atoms with Gasteiger partial charge in [0.15, 0.2) is 5.82 Å². The fourth-order valence-electron chi connectivity index (χ4n) is 5.52. The zero-order valence-electron chi connectivity index (χ0n) is 27.4. The molecule has 0 saturated carbocycles. The first-order valence-corrected chi connectivity index (χ1v) is 17.5. The molecule has 3 atom stereocenters. The molecule has 0 aliphatic heterocycles. The Kier molecular flexibility index (Phi) is 11.5. The van der Waals surface area contributed by atoms with E-state index in [0.717, 1.165) is 10.9 Å². The third-order valence-electron chi connectivity index (χ3n) is 7.75. The van der Waals surface area contributed by atoms with Crippen LogP contribution >= 0.6 is 7.75 Å². The molecule has 0 bridgehead atoms. The maximum absolute atomic E-state index is 14.2. The highest BCUT2D eigenvalue weighted by Crippen LogP contribution is 2.46. The van der Waals surface area contributed by atoms with Crippen molar-refractivity contribution in [3.8, 4) is 5.75 Å². The summed E-state index contributed by atoms with van der Waals surface area (Å²) in [5.74, 6) is 0.332. The number of para-hydroxylation sites is 2. The molecule has 2 aromatic heterocycles. The van der Waals surface area contributed by atoms with Crippen LogP contribution in [0.15, 0.2) is 84.9 Å². The number of pyridine rings is 1. The average Bonchev–Trinajstić information content (AvgIpc) is 3.48. The minimum atomic E-state index is -4.19. The van der Waals surface area contributed by atoms with Crippen molar-refractivity contribution in [3.05, 3.63) is 96.3 Å². The largest absolute Gasteiger partial charge is 0.460 e. The summed E-state index contributed by atoms with van der Waals surface area (Å²) in [5.41, 5.74) is 7.33. The first-order valence-electron chi connectivity index (χ1n) is 16.0. The number of benzene rings is 3. The molecular formula is C35H42N5O7P. The SMILES string of the molecule is CCC[C@](O)(CCOP(=O)(N[C@@H](C)C(=O)OCc1ccccc1)Oc1ccccc1)n1c(COCC)nc2c(N)nc3ccccc3c21. The van der Waals surface area contributed by atoms with Crippen LogP contribution in [-0.2, 0) is 42.3 Å². The Bertz CT molecular complexity index is 1870.